The SMILES string of the molecule is NS(=O)(=O)c1ccccc1-c1nn(-c2ccccc2)cc1-c1ccccc1. The molecule has 3 aromatic carbocycles. The van der Waals surface area contributed by atoms with Crippen LogP contribution in [0.1, 0.15) is 0 Å². The summed E-state index contributed by atoms with van der Waals surface area (Å²) in [6.07, 6.45) is 1.90. The van der Waals surface area contributed by atoms with Crippen LogP contribution in [-0.4, -0.2) is 18.2 Å². The quantitative estimate of drug-likeness (QED) is 0.588. The van der Waals surface area contributed by atoms with Gasteiger partial charge in [-0.25, -0.2) is 18.2 Å². The van der Waals surface area contributed by atoms with E-state index in [1.807, 2.05) is 66.9 Å². The lowest BCUT2D eigenvalue weighted by Gasteiger charge is -2.07. The van der Waals surface area contributed by atoms with Crippen LogP contribution in [0.3, 0.4) is 0 Å². The average Bonchev–Trinajstić information content (AvgIpc) is 3.14. The molecule has 6 heteroatoms. The third kappa shape index (κ3) is 3.40. The van der Waals surface area contributed by atoms with Gasteiger partial charge in [0.05, 0.1) is 10.6 Å². The maximum Gasteiger partial charge on any atom is 0.238 e. The van der Waals surface area contributed by atoms with Crippen molar-refractivity contribution in [1.29, 1.82) is 0 Å². The van der Waals surface area contributed by atoms with Crippen molar-refractivity contribution >= 4 is 10.0 Å². The van der Waals surface area contributed by atoms with Crippen molar-refractivity contribution in [1.82, 2.24) is 9.78 Å². The lowest BCUT2D eigenvalue weighted by atomic mass is 10.0. The molecule has 1 heterocycles. The van der Waals surface area contributed by atoms with Gasteiger partial charge >= 0.3 is 0 Å². The van der Waals surface area contributed by atoms with Crippen LogP contribution in [0.25, 0.3) is 28.1 Å². The number of rotatable bonds is 4. The van der Waals surface area contributed by atoms with Gasteiger partial charge in [-0.3, -0.25) is 0 Å². The summed E-state index contributed by atoms with van der Waals surface area (Å²) in [7, 11) is -3.89. The van der Waals surface area contributed by atoms with Crippen LogP contribution in [-0.2, 0) is 10.0 Å². The summed E-state index contributed by atoms with van der Waals surface area (Å²) < 4.78 is 25.9. The Hall–Kier alpha value is -3.22. The van der Waals surface area contributed by atoms with Gasteiger partial charge in [-0.05, 0) is 23.8 Å². The number of nitrogens with two attached hydrogens (primary N) is 1. The number of aromatic nitrogens is 2. The predicted octanol–water partition coefficient (Wildman–Crippen LogP) is 3.85. The molecule has 0 atom stereocenters. The highest BCUT2D eigenvalue weighted by Gasteiger charge is 2.21. The molecule has 0 saturated heterocycles. The Morgan fingerprint density at radius 3 is 2.00 bits per heavy atom. The summed E-state index contributed by atoms with van der Waals surface area (Å²) in [5, 5.41) is 10.1. The molecule has 2 N–H and O–H groups in total. The van der Waals surface area contributed by atoms with Crippen molar-refractivity contribution in [2.75, 3.05) is 0 Å². The third-order valence-corrected chi connectivity index (χ3v) is 5.24. The first kappa shape index (κ1) is 17.2. The number of benzene rings is 3. The maximum atomic E-state index is 12.1. The second-order valence-corrected chi connectivity index (χ2v) is 7.61. The molecule has 4 aromatic rings. The van der Waals surface area contributed by atoms with Gasteiger partial charge in [-0.2, -0.15) is 5.10 Å². The second-order valence-electron chi connectivity index (χ2n) is 6.08. The van der Waals surface area contributed by atoms with E-state index in [4.69, 9.17) is 10.2 Å². The van der Waals surface area contributed by atoms with Crippen LogP contribution < -0.4 is 5.14 Å². The molecule has 4 rings (SSSR count). The van der Waals surface area contributed by atoms with Gasteiger partial charge in [0.15, 0.2) is 0 Å². The molecule has 0 unspecified atom stereocenters. The molecule has 0 spiro atoms. The van der Waals surface area contributed by atoms with Crippen LogP contribution in [0.2, 0.25) is 0 Å². The first-order chi connectivity index (χ1) is 13.0. The van der Waals surface area contributed by atoms with Gasteiger partial charge in [0.2, 0.25) is 10.0 Å². The zero-order valence-corrected chi connectivity index (χ0v) is 15.2. The van der Waals surface area contributed by atoms with E-state index in [-0.39, 0.29) is 4.90 Å². The minimum absolute atomic E-state index is 0.0560. The second kappa shape index (κ2) is 6.83. The van der Waals surface area contributed by atoms with Gasteiger partial charge in [-0.15, -0.1) is 0 Å². The Kier molecular flexibility index (Phi) is 4.35. The monoisotopic (exact) mass is 375 g/mol. The minimum Gasteiger partial charge on any atom is -0.240 e. The number of primary sulfonamides is 1. The molecule has 0 amide bonds. The molecular weight excluding hydrogens is 358 g/mol. The fraction of sp³-hybridized carbons (Fsp3) is 0. The van der Waals surface area contributed by atoms with Crippen LogP contribution in [0.15, 0.2) is 96.0 Å². The maximum absolute atomic E-state index is 12.1. The highest BCUT2D eigenvalue weighted by Crippen LogP contribution is 2.35. The van der Waals surface area contributed by atoms with Crippen molar-refractivity contribution in [2.45, 2.75) is 4.90 Å². The molecule has 0 aliphatic rings. The molecule has 27 heavy (non-hydrogen) atoms. The Morgan fingerprint density at radius 2 is 1.33 bits per heavy atom. The van der Waals surface area contributed by atoms with E-state index in [0.29, 0.717) is 11.3 Å². The molecule has 0 fully saturated rings. The summed E-state index contributed by atoms with van der Waals surface area (Å²) in [5.41, 5.74) is 3.70. The third-order valence-electron chi connectivity index (χ3n) is 4.27. The lowest BCUT2D eigenvalue weighted by Crippen LogP contribution is -2.13. The fourth-order valence-corrected chi connectivity index (χ4v) is 3.76. The van der Waals surface area contributed by atoms with Crippen molar-refractivity contribution in [3.8, 4) is 28.1 Å². The minimum atomic E-state index is -3.89. The van der Waals surface area contributed by atoms with Gasteiger partial charge in [0.1, 0.15) is 5.69 Å². The van der Waals surface area contributed by atoms with E-state index in [9.17, 15) is 8.42 Å². The summed E-state index contributed by atoms with van der Waals surface area (Å²) in [5.74, 6) is 0. The van der Waals surface area contributed by atoms with Crippen LogP contribution in [0, 0.1) is 0 Å². The number of sulfonamides is 1. The first-order valence-electron chi connectivity index (χ1n) is 8.37. The van der Waals surface area contributed by atoms with E-state index in [2.05, 4.69) is 0 Å². The molecular formula is C21H17N3O2S. The molecule has 134 valence electrons. The highest BCUT2D eigenvalue weighted by molar-refractivity contribution is 7.89. The average molecular weight is 375 g/mol. The lowest BCUT2D eigenvalue weighted by molar-refractivity contribution is 0.598. The van der Waals surface area contributed by atoms with Crippen LogP contribution in [0.5, 0.6) is 0 Å². The van der Waals surface area contributed by atoms with E-state index in [1.165, 1.54) is 6.07 Å². The Labute approximate surface area is 157 Å². The van der Waals surface area contributed by atoms with Crippen molar-refractivity contribution < 1.29 is 8.42 Å². The molecule has 0 saturated carbocycles. The van der Waals surface area contributed by atoms with E-state index >= 15 is 0 Å². The Balaban J connectivity index is 2.00. The van der Waals surface area contributed by atoms with E-state index in [0.717, 1.165) is 16.8 Å². The van der Waals surface area contributed by atoms with E-state index in [1.54, 1.807) is 22.9 Å². The van der Waals surface area contributed by atoms with Gasteiger partial charge < -0.3 is 0 Å². The van der Waals surface area contributed by atoms with E-state index < -0.39 is 10.0 Å². The predicted molar refractivity (Wildman–Crippen MR) is 106 cm³/mol. The Morgan fingerprint density at radius 1 is 0.741 bits per heavy atom. The molecule has 0 bridgehead atoms. The summed E-state index contributed by atoms with van der Waals surface area (Å²) in [4.78, 5) is 0.0560. The first-order valence-corrected chi connectivity index (χ1v) is 9.91. The zero-order valence-electron chi connectivity index (χ0n) is 14.4. The van der Waals surface area contributed by atoms with Gasteiger partial charge in [0, 0.05) is 17.3 Å². The van der Waals surface area contributed by atoms with Gasteiger partial charge in [-0.1, -0.05) is 66.7 Å². The summed E-state index contributed by atoms with van der Waals surface area (Å²) >= 11 is 0. The highest BCUT2D eigenvalue weighted by atomic mass is 32.2. The smallest absolute Gasteiger partial charge is 0.238 e. The van der Waals surface area contributed by atoms with Crippen molar-refractivity contribution in [2.24, 2.45) is 5.14 Å². The largest absolute Gasteiger partial charge is 0.240 e. The van der Waals surface area contributed by atoms with Crippen LogP contribution in [0.4, 0.5) is 0 Å². The number of nitrogens with zero attached hydrogens (tertiary/aromatic N) is 2. The number of hydrogen-bond acceptors (Lipinski definition) is 3. The molecule has 5 nitrogen and oxygen atoms in total. The molecule has 0 aliphatic carbocycles. The zero-order chi connectivity index (χ0) is 18.9. The molecule has 1 aromatic heterocycles. The standard InChI is InChI=1S/C21H17N3O2S/c22-27(25,26)20-14-8-7-13-18(20)21-19(16-9-3-1-4-10-16)15-24(23-21)17-11-5-2-6-12-17/h1-15H,(H2,22,25,26). The summed E-state index contributed by atoms with van der Waals surface area (Å²) in [6, 6.07) is 26.1. The number of hydrogen-bond donors (Lipinski definition) is 1. The summed E-state index contributed by atoms with van der Waals surface area (Å²) in [6.45, 7) is 0. The van der Waals surface area contributed by atoms with Crippen molar-refractivity contribution in [3.63, 3.8) is 0 Å². The molecule has 0 radical (unpaired) electrons. The molecule has 0 aliphatic heterocycles. The number of para-hydroxylation sites is 1. The normalized spacial score (nSPS) is 11.4. The van der Waals surface area contributed by atoms with Crippen LogP contribution >= 0.6 is 0 Å². The Bertz CT molecular complexity index is 1180. The van der Waals surface area contributed by atoms with Gasteiger partial charge in [0.25, 0.3) is 0 Å². The fourth-order valence-electron chi connectivity index (χ4n) is 3.03. The van der Waals surface area contributed by atoms with Crippen molar-refractivity contribution in [3.05, 3.63) is 91.1 Å². The topological polar surface area (TPSA) is 78.0 Å².